The number of rotatable bonds is 5. The van der Waals surface area contributed by atoms with Crippen LogP contribution in [0.5, 0.6) is 0 Å². The number of benzene rings is 2. The average molecular weight is 448 g/mol. The molecule has 0 aliphatic heterocycles. The number of non-ortho nitro benzene ring substituents is 1. The molecule has 3 amide bonds. The highest BCUT2D eigenvalue weighted by Crippen LogP contribution is 2.18. The maximum Gasteiger partial charge on any atom is 0.435 e. The summed E-state index contributed by atoms with van der Waals surface area (Å²) in [7, 11) is 0. The molecule has 0 aliphatic rings. The van der Waals surface area contributed by atoms with Crippen LogP contribution in [0.25, 0.3) is 0 Å². The summed E-state index contributed by atoms with van der Waals surface area (Å²) in [5.41, 5.74) is -0.0871. The van der Waals surface area contributed by atoms with Gasteiger partial charge in [0.1, 0.15) is 0 Å². The molecule has 0 atom stereocenters. The molecule has 0 aliphatic carbocycles. The van der Waals surface area contributed by atoms with E-state index in [1.807, 2.05) is 0 Å². The molecule has 2 aromatic carbocycles. The molecule has 0 unspecified atom stereocenters. The molecule has 11 heteroatoms. The van der Waals surface area contributed by atoms with Crippen molar-refractivity contribution < 1.29 is 28.8 Å². The lowest BCUT2D eigenvalue weighted by Gasteiger charge is -2.22. The minimum atomic E-state index is -1.09. The van der Waals surface area contributed by atoms with Crippen molar-refractivity contribution in [2.45, 2.75) is 13.8 Å². The van der Waals surface area contributed by atoms with E-state index in [1.54, 1.807) is 6.92 Å². The summed E-state index contributed by atoms with van der Waals surface area (Å²) < 4.78 is 9.78. The number of nitrogens with zero attached hydrogens (tertiary/aromatic N) is 3. The van der Waals surface area contributed by atoms with Gasteiger partial charge >= 0.3 is 12.2 Å². The number of aliphatic imine (C=N–C) groups is 1. The first-order valence-electron chi connectivity index (χ1n) is 9.05. The highest BCUT2D eigenvalue weighted by atomic mass is 35.5. The number of hydrogen-bond acceptors (Lipinski definition) is 7. The van der Waals surface area contributed by atoms with Gasteiger partial charge in [0.05, 0.1) is 18.1 Å². The number of ether oxygens (including phenoxy) is 2. The van der Waals surface area contributed by atoms with Crippen molar-refractivity contribution in [1.82, 2.24) is 4.90 Å². The van der Waals surface area contributed by atoms with E-state index in [9.17, 15) is 24.5 Å². The molecular formula is C20H18ClN3O7. The van der Waals surface area contributed by atoms with Gasteiger partial charge in [0.2, 0.25) is 0 Å². The van der Waals surface area contributed by atoms with Gasteiger partial charge in [-0.2, -0.15) is 9.89 Å². The van der Waals surface area contributed by atoms with Crippen LogP contribution < -0.4 is 0 Å². The average Bonchev–Trinajstić information content (AvgIpc) is 2.74. The van der Waals surface area contributed by atoms with Crippen molar-refractivity contribution in [3.05, 3.63) is 74.8 Å². The van der Waals surface area contributed by atoms with Crippen LogP contribution in [0.3, 0.4) is 0 Å². The number of nitro groups is 1. The van der Waals surface area contributed by atoms with Crippen LogP contribution in [0.2, 0.25) is 5.02 Å². The first-order valence-corrected chi connectivity index (χ1v) is 9.43. The maximum absolute atomic E-state index is 13.1. The van der Waals surface area contributed by atoms with Crippen LogP contribution in [0.15, 0.2) is 53.5 Å². The number of carbonyl (C=O) groups excluding carboxylic acids is 3. The minimum Gasteiger partial charge on any atom is -0.449 e. The zero-order valence-electron chi connectivity index (χ0n) is 16.6. The number of amidine groups is 1. The fourth-order valence-electron chi connectivity index (χ4n) is 2.39. The Morgan fingerprint density at radius 2 is 1.52 bits per heavy atom. The Morgan fingerprint density at radius 3 is 2.03 bits per heavy atom. The Labute approximate surface area is 182 Å². The van der Waals surface area contributed by atoms with Gasteiger partial charge < -0.3 is 9.47 Å². The quantitative estimate of drug-likeness (QED) is 0.286. The van der Waals surface area contributed by atoms with Crippen molar-refractivity contribution in [3.63, 3.8) is 0 Å². The lowest BCUT2D eigenvalue weighted by atomic mass is 10.1. The van der Waals surface area contributed by atoms with E-state index < -0.39 is 28.9 Å². The minimum absolute atomic E-state index is 0.000409. The predicted octanol–water partition coefficient (Wildman–Crippen LogP) is 4.45. The molecule has 0 heterocycles. The van der Waals surface area contributed by atoms with Gasteiger partial charge in [-0.25, -0.2) is 9.59 Å². The fourth-order valence-corrected chi connectivity index (χ4v) is 2.52. The first-order chi connectivity index (χ1) is 14.8. The van der Waals surface area contributed by atoms with E-state index >= 15 is 0 Å². The van der Waals surface area contributed by atoms with E-state index in [0.29, 0.717) is 9.92 Å². The molecule has 0 radical (unpaired) electrons. The molecule has 0 N–H and O–H groups in total. The molecule has 0 bridgehead atoms. The van der Waals surface area contributed by atoms with Gasteiger partial charge in [-0.15, -0.1) is 0 Å². The Bertz CT molecular complexity index is 1000. The molecule has 2 aromatic rings. The molecule has 0 saturated carbocycles. The Morgan fingerprint density at radius 1 is 0.968 bits per heavy atom. The lowest BCUT2D eigenvalue weighted by Crippen LogP contribution is -2.43. The monoisotopic (exact) mass is 447 g/mol. The summed E-state index contributed by atoms with van der Waals surface area (Å²) >= 11 is 5.85. The molecule has 0 aromatic heterocycles. The van der Waals surface area contributed by atoms with Gasteiger partial charge in [-0.05, 0) is 50.2 Å². The molecule has 0 fully saturated rings. The topological polar surface area (TPSA) is 128 Å². The molecule has 31 heavy (non-hydrogen) atoms. The second kappa shape index (κ2) is 10.8. The summed E-state index contributed by atoms with van der Waals surface area (Å²) in [6.45, 7) is 3.04. The predicted molar refractivity (Wildman–Crippen MR) is 111 cm³/mol. The first kappa shape index (κ1) is 23.5. The summed E-state index contributed by atoms with van der Waals surface area (Å²) in [4.78, 5) is 52.5. The van der Waals surface area contributed by atoms with Gasteiger partial charge in [-0.1, -0.05) is 11.6 Å². The van der Waals surface area contributed by atoms with Crippen LogP contribution >= 0.6 is 11.6 Å². The van der Waals surface area contributed by atoms with Crippen molar-refractivity contribution in [2.75, 3.05) is 13.2 Å². The number of hydrogen-bond donors (Lipinski definition) is 0. The van der Waals surface area contributed by atoms with Crippen molar-refractivity contribution in [1.29, 1.82) is 0 Å². The van der Waals surface area contributed by atoms with Gasteiger partial charge in [0.25, 0.3) is 11.6 Å². The van der Waals surface area contributed by atoms with Crippen LogP contribution in [-0.4, -0.2) is 47.0 Å². The molecule has 162 valence electrons. The van der Waals surface area contributed by atoms with Crippen LogP contribution in [-0.2, 0) is 9.47 Å². The van der Waals surface area contributed by atoms with E-state index in [-0.39, 0.29) is 30.0 Å². The highest BCUT2D eigenvalue weighted by molar-refractivity contribution is 6.30. The van der Waals surface area contributed by atoms with Crippen LogP contribution in [0.4, 0.5) is 15.3 Å². The summed E-state index contributed by atoms with van der Waals surface area (Å²) in [6, 6.07) is 10.5. The standard InChI is InChI=1S/C20H18ClN3O7/c1-3-30-19(26)22-17(13-7-11-16(12-8-13)24(28)29)23(20(27)31-4-2)18(25)14-5-9-15(21)10-6-14/h5-12H,3-4H2,1-2H3/b22-17-. The van der Waals surface area contributed by atoms with E-state index in [1.165, 1.54) is 43.3 Å². The molecule has 2 rings (SSSR count). The van der Waals surface area contributed by atoms with Crippen molar-refractivity contribution in [3.8, 4) is 0 Å². The largest absolute Gasteiger partial charge is 0.449 e. The summed E-state index contributed by atoms with van der Waals surface area (Å²) in [5, 5.41) is 11.3. The number of amides is 3. The smallest absolute Gasteiger partial charge is 0.435 e. The van der Waals surface area contributed by atoms with E-state index in [0.717, 1.165) is 12.1 Å². The van der Waals surface area contributed by atoms with Crippen molar-refractivity contribution >= 4 is 41.2 Å². The second-order valence-electron chi connectivity index (χ2n) is 5.78. The number of imide groups is 1. The van der Waals surface area contributed by atoms with E-state index in [2.05, 4.69) is 4.99 Å². The lowest BCUT2D eigenvalue weighted by molar-refractivity contribution is -0.384. The molecular weight excluding hydrogens is 430 g/mol. The highest BCUT2D eigenvalue weighted by Gasteiger charge is 2.31. The SMILES string of the molecule is CCOC(=O)/N=C(/c1ccc([N+](=O)[O-])cc1)N(C(=O)OCC)C(=O)c1ccc(Cl)cc1. The number of nitro benzene ring substituents is 1. The van der Waals surface area contributed by atoms with Crippen LogP contribution in [0.1, 0.15) is 29.8 Å². The van der Waals surface area contributed by atoms with Crippen molar-refractivity contribution in [2.24, 2.45) is 4.99 Å². The normalized spacial score (nSPS) is 10.9. The Balaban J connectivity index is 2.63. The zero-order valence-corrected chi connectivity index (χ0v) is 17.4. The van der Waals surface area contributed by atoms with Gasteiger partial charge in [-0.3, -0.25) is 14.9 Å². The zero-order chi connectivity index (χ0) is 23.0. The van der Waals surface area contributed by atoms with Gasteiger partial charge in [0, 0.05) is 28.3 Å². The Kier molecular flexibility index (Phi) is 8.21. The second-order valence-corrected chi connectivity index (χ2v) is 6.22. The molecule has 10 nitrogen and oxygen atoms in total. The third kappa shape index (κ3) is 6.09. The maximum atomic E-state index is 13.1. The Hall–Kier alpha value is -3.79. The molecule has 0 spiro atoms. The van der Waals surface area contributed by atoms with Crippen LogP contribution in [0, 0.1) is 10.1 Å². The third-order valence-electron chi connectivity index (χ3n) is 3.76. The summed E-state index contributed by atoms with van der Waals surface area (Å²) in [6.07, 6.45) is -2.15. The fraction of sp³-hybridized carbons (Fsp3) is 0.200. The number of carbonyl (C=O) groups is 3. The third-order valence-corrected chi connectivity index (χ3v) is 4.01. The van der Waals surface area contributed by atoms with Gasteiger partial charge in [0.15, 0.2) is 5.84 Å². The van der Waals surface area contributed by atoms with E-state index in [4.69, 9.17) is 21.1 Å². The summed E-state index contributed by atoms with van der Waals surface area (Å²) in [5.74, 6) is -1.26. The number of halogens is 1. The molecule has 0 saturated heterocycles.